The molecule has 0 aromatic heterocycles. The maximum Gasteiger partial charge on any atom is 0.306 e. The molecule has 0 radical (unpaired) electrons. The summed E-state index contributed by atoms with van der Waals surface area (Å²) in [5.41, 5.74) is 2.08. The molecular formula is C26H40O6S. The second kappa shape index (κ2) is 14.8. The summed E-state index contributed by atoms with van der Waals surface area (Å²) in [4.78, 5) is 23.0. The fraction of sp³-hybridized carbons (Fsp3) is 0.692. The highest BCUT2D eigenvalue weighted by Gasteiger charge is 2.23. The Balaban J connectivity index is 1.96. The van der Waals surface area contributed by atoms with Gasteiger partial charge in [-0.15, -0.1) is 0 Å². The topological polar surface area (TPSA) is 71.1 Å². The molecule has 0 amide bonds. The van der Waals surface area contributed by atoms with Gasteiger partial charge in [-0.1, -0.05) is 49.9 Å². The summed E-state index contributed by atoms with van der Waals surface area (Å²) in [5.74, 6) is 0.561. The van der Waals surface area contributed by atoms with Crippen LogP contribution >= 0.6 is 11.8 Å². The molecule has 1 aromatic carbocycles. The van der Waals surface area contributed by atoms with Gasteiger partial charge in [0.1, 0.15) is 0 Å². The van der Waals surface area contributed by atoms with E-state index in [0.717, 1.165) is 42.7 Å². The molecule has 0 saturated carbocycles. The van der Waals surface area contributed by atoms with Crippen LogP contribution in [0.5, 0.6) is 0 Å². The molecule has 0 bridgehead atoms. The molecule has 1 fully saturated rings. The number of thioether (sulfide) groups is 1. The normalized spacial score (nSPS) is 17.5. The Hall–Kier alpha value is -1.41. The van der Waals surface area contributed by atoms with Crippen molar-refractivity contribution in [2.75, 3.05) is 32.2 Å². The number of hydrogen-bond donors (Lipinski definition) is 0. The van der Waals surface area contributed by atoms with Crippen LogP contribution in [0.2, 0.25) is 0 Å². The smallest absolute Gasteiger partial charge is 0.306 e. The summed E-state index contributed by atoms with van der Waals surface area (Å²) in [5, 5.41) is 0.131. The van der Waals surface area contributed by atoms with Crippen molar-refractivity contribution in [1.29, 1.82) is 0 Å². The first-order valence-corrected chi connectivity index (χ1v) is 13.0. The van der Waals surface area contributed by atoms with Crippen molar-refractivity contribution >= 4 is 22.8 Å². The van der Waals surface area contributed by atoms with Gasteiger partial charge >= 0.3 is 5.97 Å². The number of carbonyl (C=O) groups is 2. The Labute approximate surface area is 203 Å². The van der Waals surface area contributed by atoms with E-state index in [9.17, 15) is 9.59 Å². The molecule has 0 aliphatic carbocycles. The van der Waals surface area contributed by atoms with Crippen LogP contribution in [0.1, 0.15) is 77.0 Å². The Morgan fingerprint density at radius 2 is 2.09 bits per heavy atom. The fourth-order valence-electron chi connectivity index (χ4n) is 3.62. The molecule has 33 heavy (non-hydrogen) atoms. The van der Waals surface area contributed by atoms with E-state index in [4.69, 9.17) is 18.9 Å². The number of benzene rings is 1. The third kappa shape index (κ3) is 11.5. The molecule has 186 valence electrons. The van der Waals surface area contributed by atoms with Crippen LogP contribution in [0.3, 0.4) is 0 Å². The second-order valence-corrected chi connectivity index (χ2v) is 10.4. The third-order valence-electron chi connectivity index (χ3n) is 5.38. The molecule has 2 rings (SSSR count). The lowest BCUT2D eigenvalue weighted by atomic mass is 9.98. The van der Waals surface area contributed by atoms with Gasteiger partial charge in [0.25, 0.3) is 0 Å². The SMILES string of the molecule is CCOC(=O)CCc1cccc(C(CCOCC(C)(C)CSC(C)=O)OC2CCCCO2)c1. The van der Waals surface area contributed by atoms with E-state index in [2.05, 4.69) is 26.0 Å². The molecule has 7 heteroatoms. The molecule has 1 aliphatic rings. The predicted octanol–water partition coefficient (Wildman–Crippen LogP) is 5.48. The minimum Gasteiger partial charge on any atom is -0.466 e. The minimum absolute atomic E-state index is 0.0772. The van der Waals surface area contributed by atoms with Crippen molar-refractivity contribution in [3.63, 3.8) is 0 Å². The molecule has 0 spiro atoms. The lowest BCUT2D eigenvalue weighted by Crippen LogP contribution is -2.26. The van der Waals surface area contributed by atoms with E-state index in [0.29, 0.717) is 39.1 Å². The van der Waals surface area contributed by atoms with Crippen molar-refractivity contribution in [3.8, 4) is 0 Å². The zero-order valence-electron chi connectivity index (χ0n) is 20.6. The van der Waals surface area contributed by atoms with Gasteiger partial charge in [0.15, 0.2) is 11.4 Å². The Morgan fingerprint density at radius 1 is 1.27 bits per heavy atom. The number of aryl methyl sites for hydroxylation is 1. The lowest BCUT2D eigenvalue weighted by Gasteiger charge is -2.29. The average molecular weight is 481 g/mol. The van der Waals surface area contributed by atoms with Crippen LogP contribution in [0.4, 0.5) is 0 Å². The zero-order valence-corrected chi connectivity index (χ0v) is 21.4. The zero-order chi connectivity index (χ0) is 24.1. The van der Waals surface area contributed by atoms with E-state index >= 15 is 0 Å². The van der Waals surface area contributed by atoms with Crippen LogP contribution in [0.25, 0.3) is 0 Å². The fourth-order valence-corrected chi connectivity index (χ4v) is 4.30. The third-order valence-corrected chi connectivity index (χ3v) is 6.72. The van der Waals surface area contributed by atoms with E-state index in [1.807, 2.05) is 19.1 Å². The Morgan fingerprint density at radius 3 is 2.79 bits per heavy atom. The first kappa shape index (κ1) is 27.8. The standard InChI is InChI=1S/C26H40O6S/c1-5-30-24(28)13-12-21-9-8-10-22(17-21)23(32-25-11-6-7-15-31-25)14-16-29-18-26(3,4)19-33-20(2)27/h8-10,17,23,25H,5-7,11-16,18-19H2,1-4H3. The highest BCUT2D eigenvalue weighted by molar-refractivity contribution is 8.13. The maximum absolute atomic E-state index is 11.7. The molecular weight excluding hydrogens is 440 g/mol. The predicted molar refractivity (Wildman–Crippen MR) is 131 cm³/mol. The van der Waals surface area contributed by atoms with Crippen LogP contribution in [0.15, 0.2) is 24.3 Å². The summed E-state index contributed by atoms with van der Waals surface area (Å²) in [6.07, 6.45) is 4.44. The van der Waals surface area contributed by atoms with Gasteiger partial charge in [0.2, 0.25) is 0 Å². The summed E-state index contributed by atoms with van der Waals surface area (Å²) >= 11 is 1.34. The minimum atomic E-state index is -0.199. The van der Waals surface area contributed by atoms with E-state index in [1.165, 1.54) is 11.8 Å². The van der Waals surface area contributed by atoms with Gasteiger partial charge in [-0.25, -0.2) is 0 Å². The number of esters is 1. The summed E-state index contributed by atoms with van der Waals surface area (Å²) in [6, 6.07) is 8.22. The van der Waals surface area contributed by atoms with Gasteiger partial charge in [-0.3, -0.25) is 9.59 Å². The molecule has 1 aliphatic heterocycles. The van der Waals surface area contributed by atoms with Crippen LogP contribution < -0.4 is 0 Å². The van der Waals surface area contributed by atoms with Gasteiger partial charge in [0, 0.05) is 38.7 Å². The van der Waals surface area contributed by atoms with Crippen molar-refractivity contribution in [1.82, 2.24) is 0 Å². The quantitative estimate of drug-likeness (QED) is 0.258. The van der Waals surface area contributed by atoms with Gasteiger partial charge in [-0.2, -0.15) is 0 Å². The van der Waals surface area contributed by atoms with E-state index in [-0.39, 0.29) is 28.9 Å². The summed E-state index contributed by atoms with van der Waals surface area (Å²) in [7, 11) is 0. The molecule has 2 atom stereocenters. The lowest BCUT2D eigenvalue weighted by molar-refractivity contribution is -0.193. The second-order valence-electron chi connectivity index (χ2n) is 9.26. The molecule has 1 aromatic rings. The number of rotatable bonds is 14. The Kier molecular flexibility index (Phi) is 12.5. The van der Waals surface area contributed by atoms with Crippen molar-refractivity contribution in [2.24, 2.45) is 5.41 Å². The molecule has 0 N–H and O–H groups in total. The number of carbonyl (C=O) groups excluding carboxylic acids is 2. The highest BCUT2D eigenvalue weighted by Crippen LogP contribution is 2.28. The van der Waals surface area contributed by atoms with Gasteiger partial charge in [-0.05, 0) is 49.1 Å². The first-order valence-electron chi connectivity index (χ1n) is 12.0. The molecule has 2 unspecified atom stereocenters. The van der Waals surface area contributed by atoms with Crippen LogP contribution in [-0.2, 0) is 35.0 Å². The van der Waals surface area contributed by atoms with Crippen LogP contribution in [0, 0.1) is 5.41 Å². The highest BCUT2D eigenvalue weighted by atomic mass is 32.2. The van der Waals surface area contributed by atoms with Crippen LogP contribution in [-0.4, -0.2) is 49.6 Å². The maximum atomic E-state index is 11.7. The molecule has 1 heterocycles. The van der Waals surface area contributed by atoms with Gasteiger partial charge < -0.3 is 18.9 Å². The van der Waals surface area contributed by atoms with Crippen molar-refractivity contribution in [3.05, 3.63) is 35.4 Å². The largest absolute Gasteiger partial charge is 0.466 e. The average Bonchev–Trinajstić information content (AvgIpc) is 2.79. The summed E-state index contributed by atoms with van der Waals surface area (Å²) in [6.45, 7) is 9.91. The monoisotopic (exact) mass is 480 g/mol. The van der Waals surface area contributed by atoms with E-state index in [1.54, 1.807) is 6.92 Å². The number of hydrogen-bond acceptors (Lipinski definition) is 7. The number of ether oxygens (including phenoxy) is 4. The van der Waals surface area contributed by atoms with Crippen molar-refractivity contribution < 1.29 is 28.5 Å². The Bertz CT molecular complexity index is 729. The van der Waals surface area contributed by atoms with E-state index < -0.39 is 0 Å². The summed E-state index contributed by atoms with van der Waals surface area (Å²) < 4.78 is 23.2. The van der Waals surface area contributed by atoms with Gasteiger partial charge in [0.05, 0.1) is 19.3 Å². The first-order chi connectivity index (χ1) is 15.8. The molecule has 1 saturated heterocycles. The van der Waals surface area contributed by atoms with Crippen molar-refractivity contribution in [2.45, 2.75) is 78.6 Å². The molecule has 6 nitrogen and oxygen atoms in total.